The molecule has 2 heteroatoms. The van der Waals surface area contributed by atoms with Gasteiger partial charge in [-0.05, 0) is 32.1 Å². The second kappa shape index (κ2) is 4.58. The zero-order valence-corrected chi connectivity index (χ0v) is 8.74. The largest absolute Gasteiger partial charge is 0.312 e. The molecule has 0 amide bonds. The van der Waals surface area contributed by atoms with Gasteiger partial charge in [0.05, 0.1) is 0 Å². The maximum absolute atomic E-state index is 3.38. The van der Waals surface area contributed by atoms with Gasteiger partial charge in [-0.25, -0.2) is 0 Å². The molecule has 0 aromatic heterocycles. The maximum atomic E-state index is 3.38. The summed E-state index contributed by atoms with van der Waals surface area (Å²) in [4.78, 5) is 2.49. The summed E-state index contributed by atoms with van der Waals surface area (Å²) >= 11 is 0. The maximum Gasteiger partial charge on any atom is 0.0446 e. The molecule has 0 radical (unpaired) electrons. The first kappa shape index (κ1) is 9.69. The molecule has 0 aliphatic carbocycles. The Labute approximate surface area is 85.9 Å². The summed E-state index contributed by atoms with van der Waals surface area (Å²) in [7, 11) is 2.04. The molecule has 1 saturated heterocycles. The summed E-state index contributed by atoms with van der Waals surface area (Å²) in [6.07, 6.45) is 1.37. The molecule has 1 heterocycles. The Hall–Kier alpha value is -0.860. The van der Waals surface area contributed by atoms with E-state index < -0.39 is 0 Å². The van der Waals surface area contributed by atoms with Crippen molar-refractivity contribution < 1.29 is 0 Å². The van der Waals surface area contributed by atoms with E-state index in [2.05, 4.69) is 40.5 Å². The molecule has 1 atom stereocenters. The minimum Gasteiger partial charge on any atom is -0.312 e. The second-order valence-corrected chi connectivity index (χ2v) is 3.91. The highest BCUT2D eigenvalue weighted by atomic mass is 15.2. The molecule has 1 aliphatic heterocycles. The smallest absolute Gasteiger partial charge is 0.0446 e. The number of nitrogens with one attached hydrogen (secondary N) is 1. The molecule has 1 aliphatic rings. The van der Waals surface area contributed by atoms with Crippen molar-refractivity contribution >= 4 is 0 Å². The molecule has 0 spiro atoms. The average molecular weight is 190 g/mol. The fourth-order valence-electron chi connectivity index (χ4n) is 1.87. The third kappa shape index (κ3) is 2.14. The van der Waals surface area contributed by atoms with Crippen LogP contribution in [0.15, 0.2) is 30.3 Å². The highest BCUT2D eigenvalue weighted by Gasteiger charge is 2.18. The molecule has 1 unspecified atom stereocenters. The van der Waals surface area contributed by atoms with E-state index in [0.29, 0.717) is 6.04 Å². The van der Waals surface area contributed by atoms with Crippen LogP contribution in [0.4, 0.5) is 0 Å². The van der Waals surface area contributed by atoms with Crippen molar-refractivity contribution in [1.29, 1.82) is 0 Å². The van der Waals surface area contributed by atoms with Crippen LogP contribution < -0.4 is 5.32 Å². The highest BCUT2D eigenvalue weighted by Crippen LogP contribution is 2.16. The van der Waals surface area contributed by atoms with Gasteiger partial charge in [0.1, 0.15) is 0 Å². The van der Waals surface area contributed by atoms with Gasteiger partial charge >= 0.3 is 0 Å². The van der Waals surface area contributed by atoms with E-state index in [9.17, 15) is 0 Å². The summed E-state index contributed by atoms with van der Waals surface area (Å²) < 4.78 is 0. The summed E-state index contributed by atoms with van der Waals surface area (Å²) in [5, 5.41) is 3.38. The van der Waals surface area contributed by atoms with Gasteiger partial charge in [0.2, 0.25) is 0 Å². The van der Waals surface area contributed by atoms with Crippen molar-refractivity contribution in [3.05, 3.63) is 35.9 Å². The lowest BCUT2D eigenvalue weighted by atomic mass is 10.1. The number of rotatable bonds is 4. The lowest BCUT2D eigenvalue weighted by Gasteiger charge is -2.34. The Morgan fingerprint density at radius 3 is 2.50 bits per heavy atom. The number of likely N-dealkylation sites (tertiary alicyclic amines) is 1. The van der Waals surface area contributed by atoms with Gasteiger partial charge < -0.3 is 10.2 Å². The van der Waals surface area contributed by atoms with Gasteiger partial charge in [-0.1, -0.05) is 30.3 Å². The molecule has 1 aromatic carbocycles. The Morgan fingerprint density at radius 1 is 1.29 bits per heavy atom. The lowest BCUT2D eigenvalue weighted by molar-refractivity contribution is 0.163. The molecular formula is C12H18N2. The van der Waals surface area contributed by atoms with Crippen LogP contribution in [0.1, 0.15) is 18.0 Å². The molecule has 76 valence electrons. The summed E-state index contributed by atoms with van der Waals surface area (Å²) in [6, 6.07) is 11.2. The molecule has 2 rings (SSSR count). The standard InChI is InChI=1S/C12H18N2/c1-13-12(10-14-8-5-9-14)11-6-3-2-4-7-11/h2-4,6-7,12-13H,5,8-10H2,1H3. The normalized spacial score (nSPS) is 18.9. The van der Waals surface area contributed by atoms with E-state index in [0.717, 1.165) is 6.54 Å². The van der Waals surface area contributed by atoms with Crippen molar-refractivity contribution in [3.8, 4) is 0 Å². The summed E-state index contributed by atoms with van der Waals surface area (Å²) in [5.74, 6) is 0. The van der Waals surface area contributed by atoms with Gasteiger partial charge in [-0.3, -0.25) is 0 Å². The quantitative estimate of drug-likeness (QED) is 0.776. The predicted octanol–water partition coefficient (Wildman–Crippen LogP) is 1.65. The van der Waals surface area contributed by atoms with Gasteiger partial charge in [-0.15, -0.1) is 0 Å². The molecule has 1 N–H and O–H groups in total. The molecule has 0 saturated carbocycles. The molecule has 2 nitrogen and oxygen atoms in total. The third-order valence-electron chi connectivity index (χ3n) is 2.94. The Morgan fingerprint density at radius 2 is 2.00 bits per heavy atom. The van der Waals surface area contributed by atoms with Crippen LogP contribution in [0, 0.1) is 0 Å². The minimum atomic E-state index is 0.483. The van der Waals surface area contributed by atoms with E-state index in [1.54, 1.807) is 0 Å². The van der Waals surface area contributed by atoms with Crippen molar-refractivity contribution in [2.45, 2.75) is 12.5 Å². The molecular weight excluding hydrogens is 172 g/mol. The lowest BCUT2D eigenvalue weighted by Crippen LogP contribution is -2.42. The fourth-order valence-corrected chi connectivity index (χ4v) is 1.87. The van der Waals surface area contributed by atoms with Gasteiger partial charge in [0.15, 0.2) is 0 Å². The topological polar surface area (TPSA) is 15.3 Å². The van der Waals surface area contributed by atoms with Crippen LogP contribution >= 0.6 is 0 Å². The Bertz CT molecular complexity index is 267. The first-order valence-corrected chi connectivity index (χ1v) is 5.34. The first-order valence-electron chi connectivity index (χ1n) is 5.34. The Balaban J connectivity index is 1.98. The molecule has 1 aromatic rings. The van der Waals surface area contributed by atoms with Crippen molar-refractivity contribution in [2.75, 3.05) is 26.7 Å². The van der Waals surface area contributed by atoms with Crippen LogP contribution in [0.25, 0.3) is 0 Å². The predicted molar refractivity (Wildman–Crippen MR) is 59.3 cm³/mol. The van der Waals surface area contributed by atoms with Crippen molar-refractivity contribution in [2.24, 2.45) is 0 Å². The zero-order valence-electron chi connectivity index (χ0n) is 8.74. The van der Waals surface area contributed by atoms with Gasteiger partial charge in [0, 0.05) is 12.6 Å². The molecule has 0 bridgehead atoms. The zero-order chi connectivity index (χ0) is 9.80. The van der Waals surface area contributed by atoms with E-state index >= 15 is 0 Å². The van der Waals surface area contributed by atoms with Crippen LogP contribution in [0.3, 0.4) is 0 Å². The summed E-state index contributed by atoms with van der Waals surface area (Å²) in [6.45, 7) is 3.68. The average Bonchev–Trinajstić information content (AvgIpc) is 2.18. The van der Waals surface area contributed by atoms with Crippen LogP contribution in [0.5, 0.6) is 0 Å². The monoisotopic (exact) mass is 190 g/mol. The molecule has 1 fully saturated rings. The van der Waals surface area contributed by atoms with Crippen LogP contribution in [-0.4, -0.2) is 31.6 Å². The van der Waals surface area contributed by atoms with Crippen LogP contribution in [0.2, 0.25) is 0 Å². The van der Waals surface area contributed by atoms with Gasteiger partial charge in [0.25, 0.3) is 0 Å². The number of hydrogen-bond acceptors (Lipinski definition) is 2. The van der Waals surface area contributed by atoms with E-state index in [-0.39, 0.29) is 0 Å². The van der Waals surface area contributed by atoms with Gasteiger partial charge in [-0.2, -0.15) is 0 Å². The minimum absolute atomic E-state index is 0.483. The number of nitrogens with zero attached hydrogens (tertiary/aromatic N) is 1. The first-order chi connectivity index (χ1) is 6.90. The fraction of sp³-hybridized carbons (Fsp3) is 0.500. The van der Waals surface area contributed by atoms with E-state index in [1.165, 1.54) is 25.1 Å². The van der Waals surface area contributed by atoms with E-state index in [4.69, 9.17) is 0 Å². The second-order valence-electron chi connectivity index (χ2n) is 3.91. The highest BCUT2D eigenvalue weighted by molar-refractivity contribution is 5.19. The van der Waals surface area contributed by atoms with Crippen molar-refractivity contribution in [3.63, 3.8) is 0 Å². The van der Waals surface area contributed by atoms with E-state index in [1.807, 2.05) is 7.05 Å². The number of hydrogen-bond donors (Lipinski definition) is 1. The van der Waals surface area contributed by atoms with Crippen molar-refractivity contribution in [1.82, 2.24) is 10.2 Å². The van der Waals surface area contributed by atoms with Crippen LogP contribution in [-0.2, 0) is 0 Å². The summed E-state index contributed by atoms with van der Waals surface area (Å²) in [5.41, 5.74) is 1.39. The SMILES string of the molecule is CNC(CN1CCC1)c1ccccc1. The Kier molecular flexibility index (Phi) is 3.17. The number of likely N-dealkylation sites (N-methyl/N-ethyl adjacent to an activating group) is 1. The third-order valence-corrected chi connectivity index (χ3v) is 2.94. The molecule has 14 heavy (non-hydrogen) atoms. The number of benzene rings is 1.